The summed E-state index contributed by atoms with van der Waals surface area (Å²) >= 11 is 3.33. The Morgan fingerprint density at radius 1 is 1.15 bits per heavy atom. The maximum atomic E-state index is 11.8. The second-order valence-corrected chi connectivity index (χ2v) is 4.97. The topological polar surface area (TPSA) is 58.6 Å². The second kappa shape index (κ2) is 7.07. The van der Waals surface area contributed by atoms with Gasteiger partial charge in [-0.1, -0.05) is 42.5 Å². The second-order valence-electron chi connectivity index (χ2n) is 4.12. The van der Waals surface area contributed by atoms with Crippen molar-refractivity contribution in [2.75, 3.05) is 5.32 Å². The van der Waals surface area contributed by atoms with Crippen LogP contribution in [0.15, 0.2) is 53.0 Å². The fraction of sp³-hybridized carbons (Fsp3) is 0.133. The summed E-state index contributed by atoms with van der Waals surface area (Å²) in [7, 11) is 0. The van der Waals surface area contributed by atoms with E-state index in [4.69, 9.17) is 4.74 Å². The summed E-state index contributed by atoms with van der Waals surface area (Å²) in [4.78, 5) is 11.8. The number of aliphatic hydroxyl groups is 1. The minimum Gasteiger partial charge on any atom is -0.444 e. The molecule has 2 aromatic rings. The first kappa shape index (κ1) is 14.6. The molecular formula is C15H14BrNO3. The van der Waals surface area contributed by atoms with Crippen molar-refractivity contribution >= 4 is 27.7 Å². The van der Waals surface area contributed by atoms with Gasteiger partial charge in [0.15, 0.2) is 0 Å². The van der Waals surface area contributed by atoms with E-state index in [1.165, 1.54) is 0 Å². The highest BCUT2D eigenvalue weighted by Crippen LogP contribution is 2.26. The largest absolute Gasteiger partial charge is 0.444 e. The van der Waals surface area contributed by atoms with Crippen molar-refractivity contribution in [3.8, 4) is 0 Å². The number of nitrogens with one attached hydrogen (secondary N) is 1. The summed E-state index contributed by atoms with van der Waals surface area (Å²) in [6.07, 6.45) is -0.560. The van der Waals surface area contributed by atoms with Crippen LogP contribution in [0.25, 0.3) is 0 Å². The Hall–Kier alpha value is -1.85. The Kier molecular flexibility index (Phi) is 5.15. The Morgan fingerprint density at radius 2 is 1.90 bits per heavy atom. The first-order chi connectivity index (χ1) is 9.70. The van der Waals surface area contributed by atoms with Crippen LogP contribution in [0.3, 0.4) is 0 Å². The minimum absolute atomic E-state index is 0.159. The maximum absolute atomic E-state index is 11.8. The van der Waals surface area contributed by atoms with Crippen LogP contribution in [0, 0.1) is 0 Å². The van der Waals surface area contributed by atoms with Gasteiger partial charge in [-0.15, -0.1) is 0 Å². The van der Waals surface area contributed by atoms with Gasteiger partial charge in [-0.3, -0.25) is 5.32 Å². The number of para-hydroxylation sites is 1. The number of benzene rings is 2. The molecule has 5 heteroatoms. The fourth-order valence-corrected chi connectivity index (χ4v) is 2.21. The quantitative estimate of drug-likeness (QED) is 0.895. The van der Waals surface area contributed by atoms with Crippen LogP contribution in [0.1, 0.15) is 11.1 Å². The zero-order valence-corrected chi connectivity index (χ0v) is 12.3. The van der Waals surface area contributed by atoms with Crippen molar-refractivity contribution in [3.63, 3.8) is 0 Å². The SMILES string of the molecule is O=C(Nc1c(Br)cccc1CO)OCc1ccccc1. The van der Waals surface area contributed by atoms with Gasteiger partial charge in [-0.25, -0.2) is 4.79 Å². The maximum Gasteiger partial charge on any atom is 0.412 e. The molecule has 0 saturated heterocycles. The minimum atomic E-state index is -0.560. The number of halogens is 1. The van der Waals surface area contributed by atoms with Gasteiger partial charge in [0.1, 0.15) is 6.61 Å². The van der Waals surface area contributed by atoms with E-state index < -0.39 is 6.09 Å². The molecule has 0 radical (unpaired) electrons. The summed E-state index contributed by atoms with van der Waals surface area (Å²) in [5.41, 5.74) is 2.06. The van der Waals surface area contributed by atoms with Crippen molar-refractivity contribution in [2.45, 2.75) is 13.2 Å². The molecule has 0 aliphatic heterocycles. The van der Waals surface area contributed by atoms with Crippen molar-refractivity contribution < 1.29 is 14.6 Å². The van der Waals surface area contributed by atoms with Gasteiger partial charge in [0, 0.05) is 10.0 Å². The first-order valence-corrected chi connectivity index (χ1v) is 6.86. The molecule has 1 amide bonds. The van der Waals surface area contributed by atoms with Gasteiger partial charge in [0.2, 0.25) is 0 Å². The summed E-state index contributed by atoms with van der Waals surface area (Å²) in [6.45, 7) is 0.0410. The summed E-state index contributed by atoms with van der Waals surface area (Å²) in [5, 5.41) is 11.9. The lowest BCUT2D eigenvalue weighted by Gasteiger charge is -2.12. The highest BCUT2D eigenvalue weighted by Gasteiger charge is 2.10. The molecule has 2 rings (SSSR count). The number of aliphatic hydroxyl groups excluding tert-OH is 1. The van der Waals surface area contributed by atoms with Crippen molar-refractivity contribution in [1.29, 1.82) is 0 Å². The summed E-state index contributed by atoms with van der Waals surface area (Å²) < 4.78 is 5.83. The zero-order chi connectivity index (χ0) is 14.4. The van der Waals surface area contributed by atoms with Crippen LogP contribution < -0.4 is 5.32 Å². The van der Waals surface area contributed by atoms with Crippen LogP contribution in [0.2, 0.25) is 0 Å². The molecular weight excluding hydrogens is 322 g/mol. The Morgan fingerprint density at radius 3 is 2.60 bits per heavy atom. The van der Waals surface area contributed by atoms with Gasteiger partial charge in [0.25, 0.3) is 0 Å². The molecule has 0 heterocycles. The molecule has 20 heavy (non-hydrogen) atoms. The van der Waals surface area contributed by atoms with Gasteiger partial charge < -0.3 is 9.84 Å². The Labute approximate surface area is 125 Å². The van der Waals surface area contributed by atoms with E-state index in [1.54, 1.807) is 18.2 Å². The summed E-state index contributed by atoms with van der Waals surface area (Å²) in [6, 6.07) is 14.7. The third-order valence-corrected chi connectivity index (χ3v) is 3.37. The number of hydrogen-bond acceptors (Lipinski definition) is 3. The third kappa shape index (κ3) is 3.82. The molecule has 0 unspecified atom stereocenters. The van der Waals surface area contributed by atoms with E-state index in [-0.39, 0.29) is 13.2 Å². The number of carbonyl (C=O) groups is 1. The van der Waals surface area contributed by atoms with E-state index in [0.29, 0.717) is 15.7 Å². The fourth-order valence-electron chi connectivity index (χ4n) is 1.70. The number of hydrogen-bond donors (Lipinski definition) is 2. The number of amides is 1. The molecule has 0 spiro atoms. The lowest BCUT2D eigenvalue weighted by Crippen LogP contribution is -2.15. The molecule has 4 nitrogen and oxygen atoms in total. The van der Waals surface area contributed by atoms with Crippen LogP contribution in [-0.4, -0.2) is 11.2 Å². The van der Waals surface area contributed by atoms with Gasteiger partial charge in [0.05, 0.1) is 12.3 Å². The molecule has 0 atom stereocenters. The van der Waals surface area contributed by atoms with E-state index >= 15 is 0 Å². The molecule has 104 valence electrons. The van der Waals surface area contributed by atoms with E-state index in [9.17, 15) is 9.90 Å². The smallest absolute Gasteiger partial charge is 0.412 e. The number of anilines is 1. The first-order valence-electron chi connectivity index (χ1n) is 6.06. The van der Waals surface area contributed by atoms with E-state index in [1.807, 2.05) is 30.3 Å². The third-order valence-electron chi connectivity index (χ3n) is 2.71. The monoisotopic (exact) mass is 335 g/mol. The Balaban J connectivity index is 1.98. The lowest BCUT2D eigenvalue weighted by atomic mass is 10.2. The normalized spacial score (nSPS) is 10.1. The number of rotatable bonds is 4. The standard InChI is InChI=1S/C15H14BrNO3/c16-13-8-4-7-12(9-18)14(13)17-15(19)20-10-11-5-2-1-3-6-11/h1-8,18H,9-10H2,(H,17,19). The average Bonchev–Trinajstić information content (AvgIpc) is 2.48. The van der Waals surface area contributed by atoms with Crippen LogP contribution >= 0.6 is 15.9 Å². The lowest BCUT2D eigenvalue weighted by molar-refractivity contribution is 0.155. The van der Waals surface area contributed by atoms with Gasteiger partial charge in [-0.2, -0.15) is 0 Å². The van der Waals surface area contributed by atoms with Crippen molar-refractivity contribution in [3.05, 3.63) is 64.1 Å². The molecule has 0 bridgehead atoms. The van der Waals surface area contributed by atoms with Crippen LogP contribution in [0.4, 0.5) is 10.5 Å². The van der Waals surface area contributed by atoms with Crippen molar-refractivity contribution in [1.82, 2.24) is 0 Å². The summed E-state index contributed by atoms with van der Waals surface area (Å²) in [5.74, 6) is 0. The number of ether oxygens (including phenoxy) is 1. The Bertz CT molecular complexity index is 587. The molecule has 0 saturated carbocycles. The van der Waals surface area contributed by atoms with E-state index in [0.717, 1.165) is 5.56 Å². The average molecular weight is 336 g/mol. The zero-order valence-electron chi connectivity index (χ0n) is 10.7. The van der Waals surface area contributed by atoms with Gasteiger partial charge in [-0.05, 0) is 27.6 Å². The van der Waals surface area contributed by atoms with Crippen LogP contribution in [0.5, 0.6) is 0 Å². The molecule has 2 N–H and O–H groups in total. The molecule has 0 aromatic heterocycles. The van der Waals surface area contributed by atoms with Gasteiger partial charge >= 0.3 is 6.09 Å². The highest BCUT2D eigenvalue weighted by atomic mass is 79.9. The molecule has 0 aliphatic carbocycles. The van der Waals surface area contributed by atoms with Crippen molar-refractivity contribution in [2.24, 2.45) is 0 Å². The highest BCUT2D eigenvalue weighted by molar-refractivity contribution is 9.10. The predicted molar refractivity (Wildman–Crippen MR) is 80.3 cm³/mol. The molecule has 2 aromatic carbocycles. The predicted octanol–water partition coefficient (Wildman–Crippen LogP) is 3.69. The molecule has 0 fully saturated rings. The number of carbonyl (C=O) groups excluding carboxylic acids is 1. The van der Waals surface area contributed by atoms with E-state index in [2.05, 4.69) is 21.2 Å². The van der Waals surface area contributed by atoms with Crippen LogP contribution in [-0.2, 0) is 18.0 Å². The molecule has 0 aliphatic rings.